The Morgan fingerprint density at radius 2 is 1.93 bits per heavy atom. The van der Waals surface area contributed by atoms with E-state index in [9.17, 15) is 4.79 Å². The quantitative estimate of drug-likeness (QED) is 0.187. The Morgan fingerprint density at radius 3 is 2.63 bits per heavy atom. The SMILES string of the molecule is CCNC(=NCCCN1CCCCCC1)NCCOc1cccc(NC(C)=O)c1.I. The average molecular weight is 531 g/mol. The Hall–Kier alpha value is -1.55. The fourth-order valence-electron chi connectivity index (χ4n) is 3.39. The molecular formula is C22H38IN5O2. The maximum absolute atomic E-state index is 11.1. The van der Waals surface area contributed by atoms with E-state index < -0.39 is 0 Å². The van der Waals surface area contributed by atoms with Gasteiger partial charge in [0.15, 0.2) is 5.96 Å². The van der Waals surface area contributed by atoms with Gasteiger partial charge in [0, 0.05) is 31.8 Å². The second kappa shape index (κ2) is 16.2. The highest BCUT2D eigenvalue weighted by Gasteiger charge is 2.08. The number of ether oxygens (including phenoxy) is 1. The van der Waals surface area contributed by atoms with E-state index in [0.717, 1.165) is 43.5 Å². The van der Waals surface area contributed by atoms with Gasteiger partial charge in [-0.05, 0) is 58.0 Å². The molecule has 7 nitrogen and oxygen atoms in total. The van der Waals surface area contributed by atoms with Gasteiger partial charge in [0.1, 0.15) is 12.4 Å². The zero-order valence-corrected chi connectivity index (χ0v) is 20.7. The number of carbonyl (C=O) groups is 1. The summed E-state index contributed by atoms with van der Waals surface area (Å²) < 4.78 is 5.77. The van der Waals surface area contributed by atoms with E-state index in [4.69, 9.17) is 4.74 Å². The van der Waals surface area contributed by atoms with Crippen molar-refractivity contribution in [2.45, 2.75) is 46.0 Å². The van der Waals surface area contributed by atoms with Gasteiger partial charge in [-0.1, -0.05) is 18.9 Å². The Labute approximate surface area is 198 Å². The number of benzene rings is 1. The summed E-state index contributed by atoms with van der Waals surface area (Å²) in [6, 6.07) is 7.41. The number of halogens is 1. The highest BCUT2D eigenvalue weighted by Crippen LogP contribution is 2.17. The molecule has 0 spiro atoms. The first-order valence-electron chi connectivity index (χ1n) is 10.9. The summed E-state index contributed by atoms with van der Waals surface area (Å²) in [5.41, 5.74) is 0.738. The second-order valence-electron chi connectivity index (χ2n) is 7.35. The molecule has 30 heavy (non-hydrogen) atoms. The highest BCUT2D eigenvalue weighted by atomic mass is 127. The van der Waals surface area contributed by atoms with Gasteiger partial charge in [-0.2, -0.15) is 0 Å². The van der Waals surface area contributed by atoms with Gasteiger partial charge < -0.3 is 25.6 Å². The van der Waals surface area contributed by atoms with Crippen LogP contribution in [0.5, 0.6) is 5.75 Å². The number of anilines is 1. The van der Waals surface area contributed by atoms with Crippen molar-refractivity contribution in [3.63, 3.8) is 0 Å². The van der Waals surface area contributed by atoms with Gasteiger partial charge in [-0.15, -0.1) is 24.0 Å². The molecule has 0 unspecified atom stereocenters. The number of hydrogen-bond donors (Lipinski definition) is 3. The molecule has 1 aromatic rings. The monoisotopic (exact) mass is 531 g/mol. The molecule has 170 valence electrons. The number of aliphatic imine (C=N–C) groups is 1. The van der Waals surface area contributed by atoms with Gasteiger partial charge in [-0.3, -0.25) is 9.79 Å². The molecule has 1 heterocycles. The van der Waals surface area contributed by atoms with Crippen LogP contribution in [0, 0.1) is 0 Å². The largest absolute Gasteiger partial charge is 0.492 e. The minimum Gasteiger partial charge on any atom is -0.492 e. The number of hydrogen-bond acceptors (Lipinski definition) is 4. The number of amides is 1. The zero-order valence-electron chi connectivity index (χ0n) is 18.4. The molecule has 8 heteroatoms. The molecule has 0 bridgehead atoms. The van der Waals surface area contributed by atoms with Gasteiger partial charge in [-0.25, -0.2) is 0 Å². The Kier molecular flexibility index (Phi) is 14.3. The third kappa shape index (κ3) is 11.6. The molecule has 2 rings (SSSR count). The predicted octanol–water partition coefficient (Wildman–Crippen LogP) is 3.46. The minimum atomic E-state index is -0.0915. The van der Waals surface area contributed by atoms with Gasteiger partial charge in [0.2, 0.25) is 5.91 Å². The van der Waals surface area contributed by atoms with E-state index in [1.165, 1.54) is 45.7 Å². The van der Waals surface area contributed by atoms with Crippen molar-refractivity contribution in [3.05, 3.63) is 24.3 Å². The third-order valence-corrected chi connectivity index (χ3v) is 4.76. The van der Waals surface area contributed by atoms with Crippen LogP contribution in [-0.2, 0) is 4.79 Å². The number of guanidine groups is 1. The zero-order chi connectivity index (χ0) is 20.7. The molecule has 1 fully saturated rings. The van der Waals surface area contributed by atoms with E-state index in [2.05, 4.69) is 32.8 Å². The van der Waals surface area contributed by atoms with Crippen LogP contribution in [0.1, 0.15) is 46.0 Å². The molecule has 1 aliphatic heterocycles. The van der Waals surface area contributed by atoms with Crippen molar-refractivity contribution in [1.82, 2.24) is 15.5 Å². The Bertz CT molecular complexity index is 634. The summed E-state index contributed by atoms with van der Waals surface area (Å²) in [5.74, 6) is 1.47. The lowest BCUT2D eigenvalue weighted by atomic mass is 10.2. The Morgan fingerprint density at radius 1 is 1.17 bits per heavy atom. The summed E-state index contributed by atoms with van der Waals surface area (Å²) in [5, 5.41) is 9.36. The molecule has 0 aliphatic carbocycles. The summed E-state index contributed by atoms with van der Waals surface area (Å²) in [6.45, 7) is 10.0. The standard InChI is InChI=1S/C22H37N5O2.HI/c1-3-23-22(24-12-9-16-27-14-6-4-5-7-15-27)25-13-17-29-21-11-8-10-20(18-21)26-19(2)28;/h8,10-11,18H,3-7,9,12-17H2,1-2H3,(H,26,28)(H2,23,24,25);1H. The first-order valence-corrected chi connectivity index (χ1v) is 10.9. The lowest BCUT2D eigenvalue weighted by Gasteiger charge is -2.19. The number of rotatable bonds is 10. The van der Waals surface area contributed by atoms with Crippen molar-refractivity contribution in [3.8, 4) is 5.75 Å². The lowest BCUT2D eigenvalue weighted by Crippen LogP contribution is -2.39. The smallest absolute Gasteiger partial charge is 0.221 e. The second-order valence-corrected chi connectivity index (χ2v) is 7.35. The molecule has 1 saturated heterocycles. The fourth-order valence-corrected chi connectivity index (χ4v) is 3.39. The summed E-state index contributed by atoms with van der Waals surface area (Å²) >= 11 is 0. The van der Waals surface area contributed by atoms with E-state index in [-0.39, 0.29) is 29.9 Å². The van der Waals surface area contributed by atoms with Crippen LogP contribution in [0.15, 0.2) is 29.3 Å². The number of carbonyl (C=O) groups excluding carboxylic acids is 1. The first-order chi connectivity index (χ1) is 14.2. The van der Waals surface area contributed by atoms with Crippen LogP contribution in [0.3, 0.4) is 0 Å². The van der Waals surface area contributed by atoms with E-state index >= 15 is 0 Å². The predicted molar refractivity (Wildman–Crippen MR) is 135 cm³/mol. The van der Waals surface area contributed by atoms with Crippen LogP contribution >= 0.6 is 24.0 Å². The topological polar surface area (TPSA) is 78.0 Å². The lowest BCUT2D eigenvalue weighted by molar-refractivity contribution is -0.114. The summed E-state index contributed by atoms with van der Waals surface area (Å²) in [7, 11) is 0. The molecule has 0 aromatic heterocycles. The van der Waals surface area contributed by atoms with Crippen molar-refractivity contribution in [1.29, 1.82) is 0 Å². The molecule has 1 amide bonds. The fraction of sp³-hybridized carbons (Fsp3) is 0.636. The maximum Gasteiger partial charge on any atom is 0.221 e. The third-order valence-electron chi connectivity index (χ3n) is 4.76. The van der Waals surface area contributed by atoms with Crippen molar-refractivity contribution >= 4 is 41.5 Å². The summed E-state index contributed by atoms with van der Waals surface area (Å²) in [6.07, 6.45) is 6.51. The maximum atomic E-state index is 11.1. The first kappa shape index (κ1) is 26.5. The van der Waals surface area contributed by atoms with Crippen LogP contribution in [-0.4, -0.2) is 62.6 Å². The normalized spacial score (nSPS) is 14.9. The number of likely N-dealkylation sites (tertiary alicyclic amines) is 1. The highest BCUT2D eigenvalue weighted by molar-refractivity contribution is 14.0. The molecular weight excluding hydrogens is 493 g/mol. The minimum absolute atomic E-state index is 0. The molecule has 1 aromatic carbocycles. The van der Waals surface area contributed by atoms with E-state index in [0.29, 0.717) is 13.2 Å². The van der Waals surface area contributed by atoms with Crippen LogP contribution in [0.4, 0.5) is 5.69 Å². The molecule has 0 saturated carbocycles. The van der Waals surface area contributed by atoms with Crippen molar-refractivity contribution in [2.75, 3.05) is 51.2 Å². The van der Waals surface area contributed by atoms with E-state index in [1.807, 2.05) is 24.3 Å². The molecule has 0 atom stereocenters. The Balaban J connectivity index is 0.00000450. The van der Waals surface area contributed by atoms with Crippen LogP contribution < -0.4 is 20.7 Å². The van der Waals surface area contributed by atoms with Crippen molar-refractivity contribution in [2.24, 2.45) is 4.99 Å². The van der Waals surface area contributed by atoms with Gasteiger partial charge >= 0.3 is 0 Å². The molecule has 3 N–H and O–H groups in total. The molecule has 1 aliphatic rings. The van der Waals surface area contributed by atoms with Crippen LogP contribution in [0.2, 0.25) is 0 Å². The van der Waals surface area contributed by atoms with Gasteiger partial charge in [0.05, 0.1) is 6.54 Å². The number of nitrogens with zero attached hydrogens (tertiary/aromatic N) is 2. The molecule has 0 radical (unpaired) electrons. The van der Waals surface area contributed by atoms with Gasteiger partial charge in [0.25, 0.3) is 0 Å². The average Bonchev–Trinajstić information content (AvgIpc) is 2.97. The number of nitrogens with one attached hydrogen (secondary N) is 3. The van der Waals surface area contributed by atoms with Crippen molar-refractivity contribution < 1.29 is 9.53 Å². The van der Waals surface area contributed by atoms with E-state index in [1.54, 1.807) is 0 Å². The summed E-state index contributed by atoms with van der Waals surface area (Å²) in [4.78, 5) is 18.4. The van der Waals surface area contributed by atoms with Crippen LogP contribution in [0.25, 0.3) is 0 Å².